The maximum absolute atomic E-state index is 6.03. The minimum atomic E-state index is 0.598. The number of nitrogens with one attached hydrogen (secondary N) is 1. The van der Waals surface area contributed by atoms with E-state index in [1.165, 1.54) is 43.9 Å². The van der Waals surface area contributed by atoms with Crippen molar-refractivity contribution in [3.8, 4) is 11.3 Å². The van der Waals surface area contributed by atoms with Crippen molar-refractivity contribution in [3.05, 3.63) is 47.2 Å². The molecule has 0 spiro atoms. The largest absolute Gasteiger partial charge is 0.440 e. The fourth-order valence-corrected chi connectivity index (χ4v) is 4.23. The molecular formula is C19H21ClN4OS. The maximum Gasteiger partial charge on any atom is 0.208 e. The number of oxazole rings is 1. The molecule has 1 fully saturated rings. The number of rotatable bonds is 7. The molecule has 4 rings (SSSR count). The van der Waals surface area contributed by atoms with Crippen LogP contribution < -0.4 is 0 Å². The van der Waals surface area contributed by atoms with E-state index in [1.54, 1.807) is 6.20 Å². The molecule has 0 aliphatic heterocycles. The molecule has 0 saturated heterocycles. The zero-order chi connectivity index (χ0) is 17.8. The fraction of sp³-hybridized carbons (Fsp3) is 0.421. The van der Waals surface area contributed by atoms with Gasteiger partial charge in [0.2, 0.25) is 11.0 Å². The van der Waals surface area contributed by atoms with Gasteiger partial charge in [0.1, 0.15) is 5.82 Å². The zero-order valence-electron chi connectivity index (χ0n) is 14.4. The molecule has 0 amide bonds. The van der Waals surface area contributed by atoms with E-state index in [0.717, 1.165) is 34.6 Å². The molecule has 1 aliphatic rings. The number of aryl methyl sites for hydroxylation is 1. The third kappa shape index (κ3) is 4.48. The number of hydrogen-bond acceptors (Lipinski definition) is 5. The van der Waals surface area contributed by atoms with Gasteiger partial charge in [-0.2, -0.15) is 0 Å². The molecule has 1 N–H and O–H groups in total. The first-order valence-electron chi connectivity index (χ1n) is 9.01. The quantitative estimate of drug-likeness (QED) is 0.539. The van der Waals surface area contributed by atoms with E-state index in [1.807, 2.05) is 24.3 Å². The van der Waals surface area contributed by atoms with E-state index in [9.17, 15) is 0 Å². The normalized spacial score (nSPS) is 15.0. The fourth-order valence-electron chi connectivity index (χ4n) is 3.37. The number of aromatic nitrogens is 4. The summed E-state index contributed by atoms with van der Waals surface area (Å²) in [5.41, 5.74) is 0.924. The van der Waals surface area contributed by atoms with Gasteiger partial charge in [0.05, 0.1) is 11.9 Å². The van der Waals surface area contributed by atoms with Crippen molar-refractivity contribution in [2.24, 2.45) is 5.92 Å². The Morgan fingerprint density at radius 2 is 2.15 bits per heavy atom. The second kappa shape index (κ2) is 8.27. The molecular weight excluding hydrogens is 368 g/mol. The molecule has 136 valence electrons. The lowest BCUT2D eigenvalue weighted by Gasteiger charge is -2.05. The minimum Gasteiger partial charge on any atom is -0.440 e. The Balaban J connectivity index is 1.30. The van der Waals surface area contributed by atoms with Crippen LogP contribution in [0.5, 0.6) is 0 Å². The molecule has 1 aromatic carbocycles. The number of hydrogen-bond donors (Lipinski definition) is 1. The molecule has 2 heterocycles. The van der Waals surface area contributed by atoms with Crippen molar-refractivity contribution >= 4 is 23.4 Å². The molecule has 0 unspecified atom stereocenters. The van der Waals surface area contributed by atoms with Gasteiger partial charge < -0.3 is 4.42 Å². The molecule has 26 heavy (non-hydrogen) atoms. The highest BCUT2D eigenvalue weighted by molar-refractivity contribution is 7.98. The van der Waals surface area contributed by atoms with Gasteiger partial charge in [-0.15, -0.1) is 5.10 Å². The Morgan fingerprint density at radius 3 is 3.00 bits per heavy atom. The third-order valence-corrected chi connectivity index (χ3v) is 5.83. The monoisotopic (exact) mass is 388 g/mol. The van der Waals surface area contributed by atoms with Crippen LogP contribution in [-0.4, -0.2) is 20.2 Å². The highest BCUT2D eigenvalue weighted by atomic mass is 35.5. The van der Waals surface area contributed by atoms with E-state index in [4.69, 9.17) is 16.0 Å². The van der Waals surface area contributed by atoms with E-state index < -0.39 is 0 Å². The van der Waals surface area contributed by atoms with Crippen LogP contribution in [0, 0.1) is 5.92 Å². The van der Waals surface area contributed by atoms with Crippen LogP contribution in [0.15, 0.2) is 40.0 Å². The van der Waals surface area contributed by atoms with Crippen LogP contribution in [0.4, 0.5) is 0 Å². The summed E-state index contributed by atoms with van der Waals surface area (Å²) in [4.78, 5) is 8.91. The standard InChI is InChI=1S/C19H21ClN4OS/c20-15-7-3-6-14(10-15)16-11-21-18(25-16)12-26-19-22-17(23-24-19)9-8-13-4-1-2-5-13/h3,6-7,10-11,13H,1-2,4-5,8-9,12H2,(H,22,23,24). The van der Waals surface area contributed by atoms with Crippen molar-refractivity contribution in [1.82, 2.24) is 20.2 Å². The van der Waals surface area contributed by atoms with Crippen molar-refractivity contribution in [3.63, 3.8) is 0 Å². The molecule has 0 radical (unpaired) electrons. The van der Waals surface area contributed by atoms with Crippen LogP contribution in [0.1, 0.15) is 43.8 Å². The molecule has 0 atom stereocenters. The van der Waals surface area contributed by atoms with Gasteiger partial charge in [-0.1, -0.05) is 61.2 Å². The number of halogens is 1. The second-order valence-electron chi connectivity index (χ2n) is 6.67. The van der Waals surface area contributed by atoms with E-state index >= 15 is 0 Å². The van der Waals surface area contributed by atoms with E-state index in [-0.39, 0.29) is 0 Å². The van der Waals surface area contributed by atoms with Crippen molar-refractivity contribution in [2.45, 2.75) is 49.4 Å². The molecule has 3 aromatic rings. The Hall–Kier alpha value is -1.79. The summed E-state index contributed by atoms with van der Waals surface area (Å²) in [6, 6.07) is 7.56. The van der Waals surface area contributed by atoms with Gasteiger partial charge in [0, 0.05) is 17.0 Å². The number of aromatic amines is 1. The summed E-state index contributed by atoms with van der Waals surface area (Å²) in [6.07, 6.45) is 9.43. The summed E-state index contributed by atoms with van der Waals surface area (Å²) in [7, 11) is 0. The Morgan fingerprint density at radius 1 is 1.27 bits per heavy atom. The molecule has 1 saturated carbocycles. The molecule has 0 bridgehead atoms. The first-order valence-corrected chi connectivity index (χ1v) is 10.4. The summed E-state index contributed by atoms with van der Waals surface area (Å²) in [6.45, 7) is 0. The first kappa shape index (κ1) is 17.6. The zero-order valence-corrected chi connectivity index (χ0v) is 16.0. The summed E-state index contributed by atoms with van der Waals surface area (Å²) in [5, 5.41) is 8.77. The summed E-state index contributed by atoms with van der Waals surface area (Å²) < 4.78 is 5.81. The summed E-state index contributed by atoms with van der Waals surface area (Å²) >= 11 is 7.55. The predicted octanol–water partition coefficient (Wildman–Crippen LogP) is 5.53. The maximum atomic E-state index is 6.03. The van der Waals surface area contributed by atoms with Gasteiger partial charge in [-0.05, 0) is 24.5 Å². The van der Waals surface area contributed by atoms with Crippen molar-refractivity contribution < 1.29 is 4.42 Å². The van der Waals surface area contributed by atoms with Crippen LogP contribution in [0.3, 0.4) is 0 Å². The smallest absolute Gasteiger partial charge is 0.208 e. The van der Waals surface area contributed by atoms with Crippen LogP contribution in [0.25, 0.3) is 11.3 Å². The molecule has 5 nitrogen and oxygen atoms in total. The molecule has 7 heteroatoms. The van der Waals surface area contributed by atoms with E-state index in [2.05, 4.69) is 20.2 Å². The lowest BCUT2D eigenvalue weighted by atomic mass is 10.0. The van der Waals surface area contributed by atoms with Gasteiger partial charge in [0.15, 0.2) is 5.76 Å². The average Bonchev–Trinajstić information content (AvgIpc) is 3.39. The van der Waals surface area contributed by atoms with Crippen molar-refractivity contribution in [1.29, 1.82) is 0 Å². The number of nitrogens with zero attached hydrogens (tertiary/aromatic N) is 3. The Kier molecular flexibility index (Phi) is 5.60. The van der Waals surface area contributed by atoms with Gasteiger partial charge in [-0.3, -0.25) is 5.10 Å². The van der Waals surface area contributed by atoms with Gasteiger partial charge in [-0.25, -0.2) is 9.97 Å². The lowest BCUT2D eigenvalue weighted by Crippen LogP contribution is -1.97. The second-order valence-corrected chi connectivity index (χ2v) is 8.05. The number of H-pyrrole nitrogens is 1. The topological polar surface area (TPSA) is 67.6 Å². The SMILES string of the molecule is Clc1cccc(-c2cnc(CSc3n[nH]c(CCC4CCCC4)n3)o2)c1. The highest BCUT2D eigenvalue weighted by Crippen LogP contribution is 2.29. The van der Waals surface area contributed by atoms with Gasteiger partial charge in [0.25, 0.3) is 0 Å². The molecule has 2 aromatic heterocycles. The first-order chi connectivity index (χ1) is 12.8. The summed E-state index contributed by atoms with van der Waals surface area (Å²) in [5.74, 6) is 3.82. The molecule has 1 aliphatic carbocycles. The van der Waals surface area contributed by atoms with Crippen LogP contribution in [-0.2, 0) is 12.2 Å². The average molecular weight is 389 g/mol. The predicted molar refractivity (Wildman–Crippen MR) is 103 cm³/mol. The van der Waals surface area contributed by atoms with Crippen LogP contribution in [0.2, 0.25) is 5.02 Å². The van der Waals surface area contributed by atoms with Gasteiger partial charge >= 0.3 is 0 Å². The number of thioether (sulfide) groups is 1. The number of benzene rings is 1. The van der Waals surface area contributed by atoms with Crippen LogP contribution >= 0.6 is 23.4 Å². The van der Waals surface area contributed by atoms with Crippen molar-refractivity contribution in [2.75, 3.05) is 0 Å². The lowest BCUT2D eigenvalue weighted by molar-refractivity contribution is 0.497. The highest BCUT2D eigenvalue weighted by Gasteiger charge is 2.16. The third-order valence-electron chi connectivity index (χ3n) is 4.76. The minimum absolute atomic E-state index is 0.598. The van der Waals surface area contributed by atoms with E-state index in [0.29, 0.717) is 16.7 Å². The Bertz CT molecular complexity index is 857. The Labute approximate surface area is 162 Å².